The minimum atomic E-state index is -3.45. The number of anilines is 2. The summed E-state index contributed by atoms with van der Waals surface area (Å²) in [4.78, 5) is 17.1. The first kappa shape index (κ1) is 17.5. The minimum absolute atomic E-state index is 0.286. The van der Waals surface area contributed by atoms with E-state index in [1.54, 1.807) is 34.7 Å². The van der Waals surface area contributed by atoms with E-state index in [4.69, 9.17) is 11.6 Å². The largest absolute Gasteiger partial charge is 0.321 e. The lowest BCUT2D eigenvalue weighted by Crippen LogP contribution is -2.14. The summed E-state index contributed by atoms with van der Waals surface area (Å²) < 4.78 is 26.9. The number of rotatable bonds is 5. The number of benzene rings is 1. The zero-order valence-electron chi connectivity index (χ0n) is 12.9. The van der Waals surface area contributed by atoms with Crippen LogP contribution >= 0.6 is 22.9 Å². The summed E-state index contributed by atoms with van der Waals surface area (Å²) in [6.07, 6.45) is 5.71. The number of sulfonamides is 1. The van der Waals surface area contributed by atoms with Crippen LogP contribution in [-0.2, 0) is 14.8 Å². The van der Waals surface area contributed by atoms with Crippen LogP contribution in [0, 0.1) is 0 Å². The molecule has 0 saturated carbocycles. The Kier molecular flexibility index (Phi) is 4.80. The second-order valence-electron chi connectivity index (χ2n) is 5.09. The molecule has 0 fully saturated rings. The zero-order valence-corrected chi connectivity index (χ0v) is 15.3. The number of carbonyl (C=O) groups excluding carboxylic acids is 1. The van der Waals surface area contributed by atoms with Crippen molar-refractivity contribution in [1.82, 2.24) is 9.38 Å². The number of para-hydroxylation sites is 2. The van der Waals surface area contributed by atoms with Crippen molar-refractivity contribution in [2.45, 2.75) is 0 Å². The lowest BCUT2D eigenvalue weighted by atomic mass is 10.2. The fourth-order valence-corrected chi connectivity index (χ4v) is 3.72. The van der Waals surface area contributed by atoms with Gasteiger partial charge in [-0.2, -0.15) is 0 Å². The molecule has 3 aromatic rings. The summed E-state index contributed by atoms with van der Waals surface area (Å²) in [5, 5.41) is 4.80. The summed E-state index contributed by atoms with van der Waals surface area (Å²) in [5.41, 5.74) is 1.23. The summed E-state index contributed by atoms with van der Waals surface area (Å²) in [5.74, 6) is -0.427. The van der Waals surface area contributed by atoms with Crippen molar-refractivity contribution >= 4 is 61.3 Å². The predicted octanol–water partition coefficient (Wildman–Crippen LogP) is 3.07. The Morgan fingerprint density at radius 1 is 1.32 bits per heavy atom. The third kappa shape index (κ3) is 4.19. The van der Waals surface area contributed by atoms with Gasteiger partial charge in [0.2, 0.25) is 15.9 Å². The van der Waals surface area contributed by atoms with Gasteiger partial charge in [-0.15, -0.1) is 11.3 Å². The fourth-order valence-electron chi connectivity index (χ4n) is 2.14. The van der Waals surface area contributed by atoms with Gasteiger partial charge in [0.05, 0.1) is 23.3 Å². The van der Waals surface area contributed by atoms with E-state index in [2.05, 4.69) is 15.0 Å². The Hall–Kier alpha value is -2.36. The van der Waals surface area contributed by atoms with Crippen LogP contribution in [0.5, 0.6) is 0 Å². The summed E-state index contributed by atoms with van der Waals surface area (Å²) in [6.45, 7) is 0. The quantitative estimate of drug-likeness (QED) is 0.648. The Morgan fingerprint density at radius 2 is 2.04 bits per heavy atom. The van der Waals surface area contributed by atoms with E-state index in [9.17, 15) is 13.2 Å². The first-order valence-corrected chi connectivity index (χ1v) is 10.2. The second kappa shape index (κ2) is 6.87. The van der Waals surface area contributed by atoms with Crippen molar-refractivity contribution < 1.29 is 13.2 Å². The number of hydrogen-bond acceptors (Lipinski definition) is 5. The van der Waals surface area contributed by atoms with Crippen LogP contribution in [0.4, 0.5) is 11.4 Å². The molecule has 130 valence electrons. The van der Waals surface area contributed by atoms with E-state index in [1.807, 2.05) is 11.6 Å². The van der Waals surface area contributed by atoms with Crippen molar-refractivity contribution in [2.24, 2.45) is 0 Å². The molecule has 0 aliphatic heterocycles. The third-order valence-electron chi connectivity index (χ3n) is 3.13. The SMILES string of the molecule is CS(=O)(=O)Nc1ccccc1NC(=O)/C=C/c1c(Cl)nc2sccn12. The van der Waals surface area contributed by atoms with E-state index in [1.165, 1.54) is 17.4 Å². The number of fused-ring (bicyclic) bond motifs is 1. The Bertz CT molecular complexity index is 1070. The first-order valence-electron chi connectivity index (χ1n) is 7.00. The van der Waals surface area contributed by atoms with Gasteiger partial charge in [-0.25, -0.2) is 13.4 Å². The highest BCUT2D eigenvalue weighted by Crippen LogP contribution is 2.24. The molecular weight excluding hydrogens is 384 g/mol. The average molecular weight is 397 g/mol. The fraction of sp³-hybridized carbons (Fsp3) is 0.0667. The van der Waals surface area contributed by atoms with Crippen LogP contribution in [0.2, 0.25) is 5.15 Å². The monoisotopic (exact) mass is 396 g/mol. The van der Waals surface area contributed by atoms with Crippen LogP contribution in [0.3, 0.4) is 0 Å². The van der Waals surface area contributed by atoms with E-state index in [-0.39, 0.29) is 5.69 Å². The second-order valence-corrected chi connectivity index (χ2v) is 8.07. The maximum absolute atomic E-state index is 12.2. The maximum atomic E-state index is 12.2. The lowest BCUT2D eigenvalue weighted by Gasteiger charge is -2.10. The molecule has 2 N–H and O–H groups in total. The number of aromatic nitrogens is 2. The number of thiazole rings is 1. The lowest BCUT2D eigenvalue weighted by molar-refractivity contribution is -0.111. The molecule has 0 spiro atoms. The third-order valence-corrected chi connectivity index (χ3v) is 4.75. The van der Waals surface area contributed by atoms with Crippen molar-refractivity contribution in [3.05, 3.63) is 52.8 Å². The molecule has 2 heterocycles. The van der Waals surface area contributed by atoms with Gasteiger partial charge in [0.25, 0.3) is 0 Å². The Morgan fingerprint density at radius 3 is 2.76 bits per heavy atom. The molecular formula is C15H13ClN4O3S2. The number of carbonyl (C=O) groups is 1. The number of hydrogen-bond donors (Lipinski definition) is 2. The van der Waals surface area contributed by atoms with Gasteiger partial charge in [0.1, 0.15) is 0 Å². The molecule has 7 nitrogen and oxygen atoms in total. The highest BCUT2D eigenvalue weighted by Gasteiger charge is 2.10. The molecule has 1 aromatic carbocycles. The summed E-state index contributed by atoms with van der Waals surface area (Å²) >= 11 is 7.50. The van der Waals surface area contributed by atoms with Crippen molar-refractivity contribution in [3.63, 3.8) is 0 Å². The minimum Gasteiger partial charge on any atom is -0.321 e. The molecule has 25 heavy (non-hydrogen) atoms. The van der Waals surface area contributed by atoms with Gasteiger partial charge < -0.3 is 5.32 Å². The first-order chi connectivity index (χ1) is 11.8. The van der Waals surface area contributed by atoms with Crippen molar-refractivity contribution in [1.29, 1.82) is 0 Å². The number of halogens is 1. The average Bonchev–Trinajstić information content (AvgIpc) is 3.06. The van der Waals surface area contributed by atoms with E-state index in [0.29, 0.717) is 16.5 Å². The maximum Gasteiger partial charge on any atom is 0.248 e. The van der Waals surface area contributed by atoms with Crippen LogP contribution in [-0.4, -0.2) is 30.0 Å². The Labute approximate surface area is 153 Å². The van der Waals surface area contributed by atoms with Crippen LogP contribution in [0.25, 0.3) is 11.0 Å². The molecule has 2 aromatic heterocycles. The van der Waals surface area contributed by atoms with E-state index >= 15 is 0 Å². The summed E-state index contributed by atoms with van der Waals surface area (Å²) in [6, 6.07) is 6.51. The number of nitrogens with zero attached hydrogens (tertiary/aromatic N) is 2. The number of amides is 1. The topological polar surface area (TPSA) is 92.6 Å². The molecule has 0 radical (unpaired) electrons. The van der Waals surface area contributed by atoms with E-state index < -0.39 is 15.9 Å². The molecule has 3 rings (SSSR count). The molecule has 0 bridgehead atoms. The molecule has 0 saturated heterocycles. The van der Waals surface area contributed by atoms with Gasteiger partial charge in [-0.05, 0) is 18.2 Å². The standard InChI is InChI=1S/C15H13ClN4O3S2/c1-25(22,23)19-11-5-3-2-4-10(11)17-13(21)7-6-12-14(16)18-15-20(12)8-9-24-15/h2-9,19H,1H3,(H,17,21)/b7-6+. The van der Waals surface area contributed by atoms with Gasteiger partial charge in [0, 0.05) is 17.7 Å². The number of imidazole rings is 1. The van der Waals surface area contributed by atoms with Gasteiger partial charge in [-0.3, -0.25) is 13.9 Å². The van der Waals surface area contributed by atoms with Crippen LogP contribution < -0.4 is 10.0 Å². The highest BCUT2D eigenvalue weighted by atomic mass is 35.5. The van der Waals surface area contributed by atoms with E-state index in [0.717, 1.165) is 11.2 Å². The smallest absolute Gasteiger partial charge is 0.248 e. The molecule has 0 unspecified atom stereocenters. The van der Waals surface area contributed by atoms with Gasteiger partial charge in [0.15, 0.2) is 10.1 Å². The zero-order chi connectivity index (χ0) is 18.0. The highest BCUT2D eigenvalue weighted by molar-refractivity contribution is 7.92. The van der Waals surface area contributed by atoms with Gasteiger partial charge >= 0.3 is 0 Å². The summed E-state index contributed by atoms with van der Waals surface area (Å²) in [7, 11) is -3.45. The van der Waals surface area contributed by atoms with Crippen LogP contribution in [0.15, 0.2) is 41.9 Å². The molecule has 0 atom stereocenters. The van der Waals surface area contributed by atoms with Gasteiger partial charge in [-0.1, -0.05) is 23.7 Å². The normalized spacial score (nSPS) is 11.9. The number of nitrogens with one attached hydrogen (secondary N) is 2. The van der Waals surface area contributed by atoms with Crippen molar-refractivity contribution in [3.8, 4) is 0 Å². The molecule has 0 aliphatic rings. The molecule has 1 amide bonds. The molecule has 0 aliphatic carbocycles. The van der Waals surface area contributed by atoms with Crippen LogP contribution in [0.1, 0.15) is 5.69 Å². The van der Waals surface area contributed by atoms with Crippen molar-refractivity contribution in [2.75, 3.05) is 16.3 Å². The predicted molar refractivity (Wildman–Crippen MR) is 101 cm³/mol. The Balaban J connectivity index is 1.79. The molecule has 10 heteroatoms.